The van der Waals surface area contributed by atoms with Crippen molar-refractivity contribution in [1.82, 2.24) is 0 Å². The predicted octanol–water partition coefficient (Wildman–Crippen LogP) is 8.83. The van der Waals surface area contributed by atoms with Gasteiger partial charge in [0.2, 0.25) is 0 Å². The Morgan fingerprint density at radius 3 is 1.44 bits per heavy atom. The van der Waals surface area contributed by atoms with Crippen molar-refractivity contribution in [2.75, 3.05) is 0 Å². The van der Waals surface area contributed by atoms with Crippen molar-refractivity contribution in [1.29, 1.82) is 0 Å². The minimum Gasteiger partial charge on any atom is -0.508 e. The second kappa shape index (κ2) is 17.1. The molecule has 0 aliphatic carbocycles. The topological polar surface area (TPSA) is 20.2 Å². The third-order valence-electron chi connectivity index (χ3n) is 5.89. The van der Waals surface area contributed by atoms with Crippen LogP contribution in [-0.4, -0.2) is 5.11 Å². The Morgan fingerprint density at radius 2 is 1.00 bits per heavy atom. The fraction of sp³-hybridized carbons (Fsp3) is 0.769. The van der Waals surface area contributed by atoms with Gasteiger partial charge in [0.25, 0.3) is 0 Å². The summed E-state index contributed by atoms with van der Waals surface area (Å²) in [6, 6.07) is 7.90. The fourth-order valence-electron chi connectivity index (χ4n) is 4.09. The monoisotopic (exact) mass is 374 g/mol. The largest absolute Gasteiger partial charge is 0.508 e. The summed E-state index contributed by atoms with van der Waals surface area (Å²) in [5, 5.41) is 9.51. The molecule has 1 rings (SSSR count). The lowest BCUT2D eigenvalue weighted by Crippen LogP contribution is -2.05. The van der Waals surface area contributed by atoms with Crippen LogP contribution < -0.4 is 0 Å². The molecule has 1 N–H and O–H groups in total. The molecule has 0 fully saturated rings. The molecule has 1 aromatic rings. The first-order valence-electron chi connectivity index (χ1n) is 12.0. The number of hydrogen-bond acceptors (Lipinski definition) is 1. The van der Waals surface area contributed by atoms with Crippen LogP contribution in [0.1, 0.15) is 122 Å². The van der Waals surface area contributed by atoms with Crippen molar-refractivity contribution in [3.63, 3.8) is 0 Å². The van der Waals surface area contributed by atoms with Crippen LogP contribution in [0.15, 0.2) is 24.3 Å². The molecule has 1 heteroatoms. The quantitative estimate of drug-likeness (QED) is 0.254. The van der Waals surface area contributed by atoms with Crippen molar-refractivity contribution >= 4 is 0 Å². The molecule has 0 atom stereocenters. The maximum absolute atomic E-state index is 9.51. The molecule has 0 saturated carbocycles. The average Bonchev–Trinajstić information content (AvgIpc) is 2.68. The van der Waals surface area contributed by atoms with E-state index in [0.717, 1.165) is 5.92 Å². The van der Waals surface area contributed by atoms with Crippen LogP contribution in [0.5, 0.6) is 5.75 Å². The minimum absolute atomic E-state index is 0.384. The minimum atomic E-state index is 0.384. The molecule has 1 nitrogen and oxygen atoms in total. The summed E-state index contributed by atoms with van der Waals surface area (Å²) in [6.45, 7) is 4.58. The molecule has 0 radical (unpaired) electrons. The number of aromatic hydroxyl groups is 1. The lowest BCUT2D eigenvalue weighted by molar-refractivity contribution is 0.400. The van der Waals surface area contributed by atoms with Gasteiger partial charge in [0.15, 0.2) is 0 Å². The number of phenolic OH excluding ortho intramolecular Hbond substituents is 1. The fourth-order valence-corrected chi connectivity index (χ4v) is 4.09. The van der Waals surface area contributed by atoms with E-state index in [-0.39, 0.29) is 0 Å². The Bertz CT molecular complexity index is 404. The Hall–Kier alpha value is -0.980. The zero-order valence-corrected chi connectivity index (χ0v) is 18.4. The Balaban J connectivity index is 2.27. The molecule has 0 aliphatic heterocycles. The van der Waals surface area contributed by atoms with E-state index in [0.29, 0.717) is 5.75 Å². The molecule has 0 saturated heterocycles. The van der Waals surface area contributed by atoms with Crippen molar-refractivity contribution in [3.05, 3.63) is 29.8 Å². The maximum Gasteiger partial charge on any atom is 0.115 e. The van der Waals surface area contributed by atoms with Crippen LogP contribution in [0.3, 0.4) is 0 Å². The SMILES string of the molecule is CCCCCCCCCC(CCCCCCCCC)Cc1ccc(O)cc1. The van der Waals surface area contributed by atoms with Gasteiger partial charge in [-0.15, -0.1) is 0 Å². The van der Waals surface area contributed by atoms with Crippen LogP contribution in [0.4, 0.5) is 0 Å². The zero-order valence-electron chi connectivity index (χ0n) is 18.4. The van der Waals surface area contributed by atoms with Gasteiger partial charge in [0, 0.05) is 0 Å². The van der Waals surface area contributed by atoms with Gasteiger partial charge in [-0.05, 0) is 30.0 Å². The van der Waals surface area contributed by atoms with Crippen LogP contribution in [-0.2, 0) is 6.42 Å². The predicted molar refractivity (Wildman–Crippen MR) is 121 cm³/mol. The van der Waals surface area contributed by atoms with E-state index >= 15 is 0 Å². The average molecular weight is 375 g/mol. The lowest BCUT2D eigenvalue weighted by atomic mass is 9.88. The normalized spacial score (nSPS) is 11.4. The van der Waals surface area contributed by atoms with Gasteiger partial charge in [0.05, 0.1) is 0 Å². The summed E-state index contributed by atoms with van der Waals surface area (Å²) < 4.78 is 0. The maximum atomic E-state index is 9.51. The number of unbranched alkanes of at least 4 members (excludes halogenated alkanes) is 12. The number of phenols is 1. The van der Waals surface area contributed by atoms with Crippen molar-refractivity contribution < 1.29 is 5.11 Å². The highest BCUT2D eigenvalue weighted by Gasteiger charge is 2.10. The Morgan fingerprint density at radius 1 is 0.593 bits per heavy atom. The van der Waals surface area contributed by atoms with Gasteiger partial charge >= 0.3 is 0 Å². The van der Waals surface area contributed by atoms with Crippen LogP contribution >= 0.6 is 0 Å². The van der Waals surface area contributed by atoms with E-state index in [4.69, 9.17) is 0 Å². The number of benzene rings is 1. The van der Waals surface area contributed by atoms with Gasteiger partial charge in [-0.1, -0.05) is 129 Å². The molecular weight excluding hydrogens is 328 g/mol. The van der Waals surface area contributed by atoms with E-state index in [2.05, 4.69) is 26.0 Å². The molecule has 0 unspecified atom stereocenters. The molecular formula is C26H46O. The highest BCUT2D eigenvalue weighted by atomic mass is 16.3. The molecule has 0 heterocycles. The van der Waals surface area contributed by atoms with E-state index in [1.165, 1.54) is 115 Å². The van der Waals surface area contributed by atoms with E-state index in [1.54, 1.807) is 0 Å². The Labute approximate surface area is 170 Å². The van der Waals surface area contributed by atoms with Gasteiger partial charge in [-0.3, -0.25) is 0 Å². The summed E-state index contributed by atoms with van der Waals surface area (Å²) in [5.41, 5.74) is 1.39. The number of rotatable bonds is 18. The van der Waals surface area contributed by atoms with E-state index in [1.807, 2.05) is 12.1 Å². The van der Waals surface area contributed by atoms with Gasteiger partial charge in [0.1, 0.15) is 5.75 Å². The van der Waals surface area contributed by atoms with Gasteiger partial charge in [-0.25, -0.2) is 0 Å². The van der Waals surface area contributed by atoms with Crippen LogP contribution in [0, 0.1) is 5.92 Å². The molecule has 0 aromatic heterocycles. The molecule has 156 valence electrons. The molecule has 0 aliphatic rings. The lowest BCUT2D eigenvalue weighted by Gasteiger charge is -2.17. The first-order valence-corrected chi connectivity index (χ1v) is 12.0. The molecule has 0 bridgehead atoms. The summed E-state index contributed by atoms with van der Waals surface area (Å²) >= 11 is 0. The van der Waals surface area contributed by atoms with Crippen molar-refractivity contribution in [2.45, 2.75) is 123 Å². The second-order valence-electron chi connectivity index (χ2n) is 8.56. The zero-order chi connectivity index (χ0) is 19.6. The Kier molecular flexibility index (Phi) is 15.3. The highest BCUT2D eigenvalue weighted by molar-refractivity contribution is 5.26. The van der Waals surface area contributed by atoms with Gasteiger partial charge < -0.3 is 5.11 Å². The molecule has 1 aromatic carbocycles. The molecule has 27 heavy (non-hydrogen) atoms. The second-order valence-corrected chi connectivity index (χ2v) is 8.56. The smallest absolute Gasteiger partial charge is 0.115 e. The molecule has 0 spiro atoms. The van der Waals surface area contributed by atoms with Crippen LogP contribution in [0.2, 0.25) is 0 Å². The van der Waals surface area contributed by atoms with E-state index in [9.17, 15) is 5.11 Å². The highest BCUT2D eigenvalue weighted by Crippen LogP contribution is 2.24. The first kappa shape index (κ1) is 24.1. The standard InChI is InChI=1S/C26H46O/c1-3-5-7-9-11-13-15-17-24(18-16-14-12-10-8-6-4-2)23-25-19-21-26(27)22-20-25/h19-22,24,27H,3-18,23H2,1-2H3. The number of hydrogen-bond donors (Lipinski definition) is 1. The molecule has 0 amide bonds. The van der Waals surface area contributed by atoms with Crippen molar-refractivity contribution in [3.8, 4) is 5.75 Å². The van der Waals surface area contributed by atoms with E-state index < -0.39 is 0 Å². The van der Waals surface area contributed by atoms with Gasteiger partial charge in [-0.2, -0.15) is 0 Å². The van der Waals surface area contributed by atoms with Crippen molar-refractivity contribution in [2.24, 2.45) is 5.92 Å². The summed E-state index contributed by atoms with van der Waals surface area (Å²) in [7, 11) is 0. The van der Waals surface area contributed by atoms with Crippen LogP contribution in [0.25, 0.3) is 0 Å². The third kappa shape index (κ3) is 13.8. The summed E-state index contributed by atoms with van der Waals surface area (Å²) in [6.07, 6.45) is 23.6. The summed E-state index contributed by atoms with van der Waals surface area (Å²) in [5.74, 6) is 1.20. The third-order valence-corrected chi connectivity index (χ3v) is 5.89. The first-order chi connectivity index (χ1) is 13.3. The summed E-state index contributed by atoms with van der Waals surface area (Å²) in [4.78, 5) is 0.